The Balaban J connectivity index is 1.18. The van der Waals surface area contributed by atoms with Gasteiger partial charge in [-0.25, -0.2) is 24.9 Å². The number of hydrogen-bond acceptors (Lipinski definition) is 5. The molecule has 12 aromatic rings. The van der Waals surface area contributed by atoms with E-state index >= 15 is 0 Å². The van der Waals surface area contributed by atoms with Crippen molar-refractivity contribution in [2.24, 2.45) is 0 Å². The third-order valence-corrected chi connectivity index (χ3v) is 13.0. The second-order valence-electron chi connectivity index (χ2n) is 17.4. The topological polar surface area (TPSA) is 69.4 Å². The first kappa shape index (κ1) is 41.3. The van der Waals surface area contributed by atoms with E-state index in [1.807, 2.05) is 84.9 Å². The highest BCUT2D eigenvalue weighted by Gasteiger charge is 2.22. The van der Waals surface area contributed by atoms with Crippen molar-refractivity contribution in [1.29, 1.82) is 0 Å². The molecule has 0 aliphatic heterocycles. The summed E-state index contributed by atoms with van der Waals surface area (Å²) in [6, 6.07) is 80.4. The molecule has 0 bridgehead atoms. The minimum Gasteiger partial charge on any atom is -0.309 e. The maximum atomic E-state index is 5.47. The molecule has 0 unspecified atom stereocenters. The van der Waals surface area contributed by atoms with Gasteiger partial charge in [-0.3, -0.25) is 0 Å². The second-order valence-corrected chi connectivity index (χ2v) is 17.4. The first-order chi connectivity index (χ1) is 34.0. The molecule has 69 heavy (non-hydrogen) atoms. The van der Waals surface area contributed by atoms with Gasteiger partial charge in [0.15, 0.2) is 23.3 Å². The molecule has 0 saturated heterocycles. The zero-order valence-corrected chi connectivity index (χ0v) is 38.1. The van der Waals surface area contributed by atoms with Crippen LogP contribution in [0.5, 0.6) is 0 Å². The Morgan fingerprint density at radius 1 is 0.275 bits per heavy atom. The van der Waals surface area contributed by atoms with Gasteiger partial charge in [0.05, 0.1) is 28.1 Å². The Morgan fingerprint density at radius 3 is 1.14 bits per heavy atom. The Morgan fingerprint density at radius 2 is 0.667 bits per heavy atom. The van der Waals surface area contributed by atoms with Gasteiger partial charge in [-0.2, -0.15) is 0 Å². The summed E-state index contributed by atoms with van der Waals surface area (Å²) in [5, 5.41) is 2.31. The molecule has 0 N–H and O–H groups in total. The average molecular weight is 885 g/mol. The molecule has 6 nitrogen and oxygen atoms in total. The van der Waals surface area contributed by atoms with Crippen molar-refractivity contribution in [3.8, 4) is 96.0 Å². The van der Waals surface area contributed by atoms with Gasteiger partial charge in [0.1, 0.15) is 0 Å². The van der Waals surface area contributed by atoms with Crippen LogP contribution in [-0.4, -0.2) is 29.5 Å². The van der Waals surface area contributed by atoms with Crippen LogP contribution in [0.3, 0.4) is 0 Å². The third-order valence-electron chi connectivity index (χ3n) is 13.0. The van der Waals surface area contributed by atoms with Gasteiger partial charge in [-0.1, -0.05) is 194 Å². The van der Waals surface area contributed by atoms with Gasteiger partial charge in [-0.15, -0.1) is 0 Å². The minimum atomic E-state index is 0.557. The van der Waals surface area contributed by atoms with Crippen LogP contribution in [0.4, 0.5) is 0 Å². The van der Waals surface area contributed by atoms with Crippen LogP contribution in [0.1, 0.15) is 11.1 Å². The van der Waals surface area contributed by atoms with E-state index in [0.717, 1.165) is 83.4 Å². The molecule has 0 spiro atoms. The van der Waals surface area contributed by atoms with Crippen molar-refractivity contribution in [1.82, 2.24) is 29.5 Å². The molecule has 0 fully saturated rings. The van der Waals surface area contributed by atoms with Crippen molar-refractivity contribution in [3.63, 3.8) is 0 Å². The van der Waals surface area contributed by atoms with Crippen LogP contribution in [-0.2, 0) is 0 Å². The predicted octanol–water partition coefficient (Wildman–Crippen LogP) is 15.7. The molecule has 0 atom stereocenters. The number of hydrogen-bond donors (Lipinski definition) is 0. The molecule has 0 amide bonds. The van der Waals surface area contributed by atoms with Gasteiger partial charge < -0.3 is 4.57 Å². The summed E-state index contributed by atoms with van der Waals surface area (Å²) in [7, 11) is 0. The van der Waals surface area contributed by atoms with Crippen molar-refractivity contribution in [2.75, 3.05) is 0 Å². The lowest BCUT2D eigenvalue weighted by Crippen LogP contribution is -2.03. The zero-order chi connectivity index (χ0) is 46.3. The summed E-state index contributed by atoms with van der Waals surface area (Å²) in [5.74, 6) is 2.38. The Labute approximate surface area is 401 Å². The fraction of sp³-hybridized carbons (Fsp3) is 0.0317. The maximum Gasteiger partial charge on any atom is 0.164 e. The fourth-order valence-corrected chi connectivity index (χ4v) is 9.48. The molecular formula is C63H44N6. The lowest BCUT2D eigenvalue weighted by atomic mass is 9.98. The molecule has 3 aromatic heterocycles. The molecule has 3 heterocycles. The summed E-state index contributed by atoms with van der Waals surface area (Å²) >= 11 is 0. The average Bonchev–Trinajstić information content (AvgIpc) is 3.74. The Bertz CT molecular complexity index is 3630. The van der Waals surface area contributed by atoms with Gasteiger partial charge >= 0.3 is 0 Å². The maximum absolute atomic E-state index is 5.47. The quantitative estimate of drug-likeness (QED) is 0.144. The van der Waals surface area contributed by atoms with E-state index in [4.69, 9.17) is 24.9 Å². The van der Waals surface area contributed by atoms with E-state index in [1.54, 1.807) is 0 Å². The van der Waals surface area contributed by atoms with Crippen LogP contribution in [0.15, 0.2) is 231 Å². The van der Waals surface area contributed by atoms with Crippen LogP contribution < -0.4 is 0 Å². The number of fused-ring (bicyclic) bond motifs is 3. The van der Waals surface area contributed by atoms with E-state index in [-0.39, 0.29) is 0 Å². The van der Waals surface area contributed by atoms with Crippen molar-refractivity contribution >= 4 is 21.8 Å². The van der Waals surface area contributed by atoms with Crippen LogP contribution >= 0.6 is 0 Å². The third kappa shape index (κ3) is 7.84. The lowest BCUT2D eigenvalue weighted by Gasteiger charge is -2.18. The van der Waals surface area contributed by atoms with Gasteiger partial charge in [0, 0.05) is 44.2 Å². The normalized spacial score (nSPS) is 11.3. The smallest absolute Gasteiger partial charge is 0.164 e. The summed E-state index contributed by atoms with van der Waals surface area (Å²) < 4.78 is 2.43. The predicted molar refractivity (Wildman–Crippen MR) is 283 cm³/mol. The van der Waals surface area contributed by atoms with Gasteiger partial charge in [-0.05, 0) is 83.6 Å². The molecule has 12 rings (SSSR count). The van der Waals surface area contributed by atoms with Gasteiger partial charge in [0.25, 0.3) is 0 Å². The first-order valence-corrected chi connectivity index (χ1v) is 23.2. The number of aromatic nitrogens is 6. The van der Waals surface area contributed by atoms with E-state index in [0.29, 0.717) is 23.3 Å². The summed E-state index contributed by atoms with van der Waals surface area (Å²) in [6.07, 6.45) is 0. The second kappa shape index (κ2) is 17.6. The number of nitrogens with zero attached hydrogens (tertiary/aromatic N) is 6. The number of aryl methyl sites for hydroxylation is 2. The van der Waals surface area contributed by atoms with E-state index < -0.39 is 0 Å². The molecule has 0 aliphatic carbocycles. The fourth-order valence-electron chi connectivity index (χ4n) is 9.48. The standard InChI is InChI=1S/C63H44N6/c1-41-19-15-17-29-50(41)47-31-34-52-53-35-32-48(51-30-18-16-20-42(51)2)39-59(53)69(58(52)38-47)57-36-33-49(63-67-61(45-25-11-5-12-26-45)66-62(68-63)46-27-13-6-14-28-46)37-54(57)56-40-55(43-21-7-3-8-22-43)64-60(65-56)44-23-9-4-10-24-44/h3-40H,1-2H3. The Hall–Kier alpha value is -9.13. The lowest BCUT2D eigenvalue weighted by molar-refractivity contribution is 1.07. The summed E-state index contributed by atoms with van der Waals surface area (Å²) in [6.45, 7) is 4.36. The number of rotatable bonds is 9. The van der Waals surface area contributed by atoms with Crippen molar-refractivity contribution in [2.45, 2.75) is 13.8 Å². The largest absolute Gasteiger partial charge is 0.309 e. The molecule has 6 heteroatoms. The SMILES string of the molecule is Cc1ccccc1-c1ccc2c3ccc(-c4ccccc4C)cc3n(-c3ccc(-c4nc(-c5ccccc5)nc(-c5ccccc5)n4)cc3-c3cc(-c4ccccc4)nc(-c4ccccc4)n3)c2c1. The van der Waals surface area contributed by atoms with E-state index in [9.17, 15) is 0 Å². The highest BCUT2D eigenvalue weighted by Crippen LogP contribution is 2.42. The van der Waals surface area contributed by atoms with Crippen LogP contribution in [0.25, 0.3) is 118 Å². The van der Waals surface area contributed by atoms with E-state index in [1.165, 1.54) is 22.3 Å². The molecular weight excluding hydrogens is 841 g/mol. The van der Waals surface area contributed by atoms with Crippen LogP contribution in [0, 0.1) is 13.8 Å². The molecule has 9 aromatic carbocycles. The highest BCUT2D eigenvalue weighted by atomic mass is 15.0. The van der Waals surface area contributed by atoms with Crippen molar-refractivity contribution < 1.29 is 0 Å². The molecule has 0 radical (unpaired) electrons. The Kier molecular flexibility index (Phi) is 10.5. The molecule has 0 aliphatic rings. The monoisotopic (exact) mass is 884 g/mol. The summed E-state index contributed by atoms with van der Waals surface area (Å²) in [4.78, 5) is 26.1. The minimum absolute atomic E-state index is 0.557. The van der Waals surface area contributed by atoms with Gasteiger partial charge in [0.2, 0.25) is 0 Å². The summed E-state index contributed by atoms with van der Waals surface area (Å²) in [5.41, 5.74) is 17.3. The van der Waals surface area contributed by atoms with Crippen molar-refractivity contribution in [3.05, 3.63) is 242 Å². The van der Waals surface area contributed by atoms with Crippen LogP contribution in [0.2, 0.25) is 0 Å². The highest BCUT2D eigenvalue weighted by molar-refractivity contribution is 6.12. The first-order valence-electron chi connectivity index (χ1n) is 23.2. The number of benzene rings is 9. The molecule has 0 saturated carbocycles. The van der Waals surface area contributed by atoms with E-state index in [2.05, 4.69) is 164 Å². The molecule has 326 valence electrons. The zero-order valence-electron chi connectivity index (χ0n) is 38.1.